The van der Waals surface area contributed by atoms with Gasteiger partial charge in [0.15, 0.2) is 0 Å². The first-order chi connectivity index (χ1) is 8.65. The van der Waals surface area contributed by atoms with E-state index in [1.807, 2.05) is 4.90 Å². The number of rotatable bonds is 4. The highest BCUT2D eigenvalue weighted by Gasteiger charge is 2.34. The fourth-order valence-corrected chi connectivity index (χ4v) is 1.95. The average Bonchev–Trinajstić information content (AvgIpc) is 2.82. The number of hydrogen-bond donors (Lipinski definition) is 1. The van der Waals surface area contributed by atoms with E-state index in [2.05, 4.69) is 9.97 Å². The molecule has 1 aliphatic heterocycles. The molecule has 0 radical (unpaired) electrons. The molecule has 2 unspecified atom stereocenters. The van der Waals surface area contributed by atoms with Crippen LogP contribution in [-0.4, -0.2) is 60.6 Å². The molecular weight excluding hydrogens is 238 g/mol. The molecule has 0 bridgehead atoms. The predicted molar refractivity (Wildman–Crippen MR) is 62.8 cm³/mol. The van der Waals surface area contributed by atoms with E-state index in [1.54, 1.807) is 14.2 Å². The summed E-state index contributed by atoms with van der Waals surface area (Å²) in [4.78, 5) is 20.7. The molecule has 7 nitrogen and oxygen atoms in total. The molecule has 1 aromatic heterocycles. The van der Waals surface area contributed by atoms with E-state index in [4.69, 9.17) is 14.6 Å². The summed E-state index contributed by atoms with van der Waals surface area (Å²) in [6.07, 6.45) is 2.54. The summed E-state index contributed by atoms with van der Waals surface area (Å²) in [5.41, 5.74) is 0.0736. The minimum Gasteiger partial charge on any atom is -0.478 e. The molecule has 18 heavy (non-hydrogen) atoms. The second kappa shape index (κ2) is 5.28. The van der Waals surface area contributed by atoms with Gasteiger partial charge in [-0.1, -0.05) is 0 Å². The lowest BCUT2D eigenvalue weighted by Crippen LogP contribution is -2.27. The molecule has 2 rings (SSSR count). The summed E-state index contributed by atoms with van der Waals surface area (Å²) in [6, 6.07) is 0. The van der Waals surface area contributed by atoms with Crippen molar-refractivity contribution in [3.8, 4) is 0 Å². The standard InChI is InChI=1S/C11H15N3O4/c1-17-8-5-14(6-9(8)18-2)11-12-3-7(4-13-11)10(15)16/h3-4,8-9H,5-6H2,1-2H3,(H,15,16). The van der Waals surface area contributed by atoms with Gasteiger partial charge in [0.25, 0.3) is 0 Å². The van der Waals surface area contributed by atoms with Crippen molar-refractivity contribution in [1.29, 1.82) is 0 Å². The van der Waals surface area contributed by atoms with Crippen LogP contribution >= 0.6 is 0 Å². The monoisotopic (exact) mass is 253 g/mol. The fraction of sp³-hybridized carbons (Fsp3) is 0.545. The summed E-state index contributed by atoms with van der Waals surface area (Å²) in [7, 11) is 3.27. The van der Waals surface area contributed by atoms with Gasteiger partial charge in [0, 0.05) is 39.7 Å². The van der Waals surface area contributed by atoms with Gasteiger partial charge in [0.1, 0.15) is 12.2 Å². The summed E-state index contributed by atoms with van der Waals surface area (Å²) in [5.74, 6) is -0.547. The average molecular weight is 253 g/mol. The fourth-order valence-electron chi connectivity index (χ4n) is 1.95. The Morgan fingerprint density at radius 1 is 1.28 bits per heavy atom. The second-order valence-corrected chi connectivity index (χ2v) is 4.03. The molecule has 1 aromatic rings. The zero-order valence-corrected chi connectivity index (χ0v) is 10.2. The molecule has 0 aromatic carbocycles. The van der Waals surface area contributed by atoms with Crippen LogP contribution in [0.5, 0.6) is 0 Å². The number of aromatic carboxylic acids is 1. The second-order valence-electron chi connectivity index (χ2n) is 4.03. The molecule has 1 aliphatic rings. The van der Waals surface area contributed by atoms with Crippen molar-refractivity contribution in [3.05, 3.63) is 18.0 Å². The SMILES string of the molecule is COC1CN(c2ncc(C(=O)O)cn2)CC1OC. The summed E-state index contributed by atoms with van der Waals surface area (Å²) >= 11 is 0. The first-order valence-electron chi connectivity index (χ1n) is 5.51. The lowest BCUT2D eigenvalue weighted by molar-refractivity contribution is -0.00461. The Bertz CT molecular complexity index is 411. The Hall–Kier alpha value is -1.73. The van der Waals surface area contributed by atoms with Gasteiger partial charge in [-0.05, 0) is 0 Å². The minimum absolute atomic E-state index is 0.0299. The van der Waals surface area contributed by atoms with Crippen molar-refractivity contribution < 1.29 is 19.4 Å². The number of aromatic nitrogens is 2. The van der Waals surface area contributed by atoms with Gasteiger partial charge >= 0.3 is 5.97 Å². The Morgan fingerprint density at radius 2 is 1.78 bits per heavy atom. The molecule has 0 aliphatic carbocycles. The maximum Gasteiger partial charge on any atom is 0.338 e. The zero-order valence-electron chi connectivity index (χ0n) is 10.2. The van der Waals surface area contributed by atoms with Crippen LogP contribution in [0.3, 0.4) is 0 Å². The normalized spacial score (nSPS) is 23.3. The van der Waals surface area contributed by atoms with Crippen molar-refractivity contribution in [3.63, 3.8) is 0 Å². The number of nitrogens with zero attached hydrogens (tertiary/aromatic N) is 3. The van der Waals surface area contributed by atoms with Gasteiger partial charge in [-0.3, -0.25) is 0 Å². The summed E-state index contributed by atoms with van der Waals surface area (Å²) in [5, 5.41) is 8.77. The number of ether oxygens (including phenoxy) is 2. The molecule has 2 heterocycles. The number of anilines is 1. The third kappa shape index (κ3) is 2.41. The molecular formula is C11H15N3O4. The highest BCUT2D eigenvalue weighted by atomic mass is 16.5. The van der Waals surface area contributed by atoms with E-state index in [-0.39, 0.29) is 17.8 Å². The van der Waals surface area contributed by atoms with E-state index in [0.29, 0.717) is 19.0 Å². The highest BCUT2D eigenvalue weighted by Crippen LogP contribution is 2.19. The van der Waals surface area contributed by atoms with Gasteiger partial charge in [0.05, 0.1) is 5.56 Å². The van der Waals surface area contributed by atoms with E-state index in [9.17, 15) is 4.79 Å². The highest BCUT2D eigenvalue weighted by molar-refractivity contribution is 5.86. The van der Waals surface area contributed by atoms with Crippen LogP contribution in [0.4, 0.5) is 5.95 Å². The van der Waals surface area contributed by atoms with Crippen molar-refractivity contribution in [2.24, 2.45) is 0 Å². The van der Waals surface area contributed by atoms with Gasteiger partial charge in [-0.2, -0.15) is 0 Å². The largest absolute Gasteiger partial charge is 0.478 e. The summed E-state index contributed by atoms with van der Waals surface area (Å²) in [6.45, 7) is 1.25. The first kappa shape index (κ1) is 12.7. The third-order valence-electron chi connectivity index (χ3n) is 2.99. The third-order valence-corrected chi connectivity index (χ3v) is 2.99. The lowest BCUT2D eigenvalue weighted by Gasteiger charge is -2.14. The van der Waals surface area contributed by atoms with Crippen LogP contribution in [0.15, 0.2) is 12.4 Å². The van der Waals surface area contributed by atoms with Gasteiger partial charge in [0.2, 0.25) is 5.95 Å². The maximum absolute atomic E-state index is 10.7. The summed E-state index contributed by atoms with van der Waals surface area (Å²) < 4.78 is 10.6. The van der Waals surface area contributed by atoms with Crippen molar-refractivity contribution in [1.82, 2.24) is 9.97 Å². The molecule has 7 heteroatoms. The minimum atomic E-state index is -1.03. The molecule has 98 valence electrons. The van der Waals surface area contributed by atoms with Crippen molar-refractivity contribution in [2.75, 3.05) is 32.2 Å². The molecule has 1 fully saturated rings. The molecule has 0 spiro atoms. The quantitative estimate of drug-likeness (QED) is 0.809. The smallest absolute Gasteiger partial charge is 0.338 e. The van der Waals surface area contributed by atoms with E-state index in [0.717, 1.165) is 0 Å². The maximum atomic E-state index is 10.7. The number of hydrogen-bond acceptors (Lipinski definition) is 6. The molecule has 1 N–H and O–H groups in total. The number of carboxylic acids is 1. The van der Waals surface area contributed by atoms with Crippen LogP contribution in [0.1, 0.15) is 10.4 Å². The topological polar surface area (TPSA) is 84.8 Å². The predicted octanol–water partition coefficient (Wildman–Crippen LogP) is 0.0248. The van der Waals surface area contributed by atoms with Crippen LogP contribution < -0.4 is 4.90 Å². The van der Waals surface area contributed by atoms with E-state index >= 15 is 0 Å². The van der Waals surface area contributed by atoms with Gasteiger partial charge in [-0.15, -0.1) is 0 Å². The van der Waals surface area contributed by atoms with E-state index in [1.165, 1.54) is 12.4 Å². The number of methoxy groups -OCH3 is 2. The molecule has 2 atom stereocenters. The number of carboxylic acid groups (broad SMARTS) is 1. The lowest BCUT2D eigenvalue weighted by atomic mass is 10.3. The zero-order chi connectivity index (χ0) is 13.1. The van der Waals surface area contributed by atoms with Crippen LogP contribution in [0.2, 0.25) is 0 Å². The number of carbonyl (C=O) groups is 1. The Labute approximate surface area is 104 Å². The van der Waals surface area contributed by atoms with Crippen molar-refractivity contribution >= 4 is 11.9 Å². The first-order valence-corrected chi connectivity index (χ1v) is 5.51. The molecule has 0 saturated carbocycles. The Kier molecular flexibility index (Phi) is 3.73. The molecule has 1 saturated heterocycles. The van der Waals surface area contributed by atoms with Crippen molar-refractivity contribution in [2.45, 2.75) is 12.2 Å². The van der Waals surface area contributed by atoms with Gasteiger partial charge in [-0.25, -0.2) is 14.8 Å². The Morgan fingerprint density at radius 3 is 2.17 bits per heavy atom. The Balaban J connectivity index is 2.11. The van der Waals surface area contributed by atoms with E-state index < -0.39 is 5.97 Å². The van der Waals surface area contributed by atoms with Gasteiger partial charge < -0.3 is 19.5 Å². The van der Waals surface area contributed by atoms with Crippen LogP contribution in [-0.2, 0) is 9.47 Å². The molecule has 0 amide bonds. The van der Waals surface area contributed by atoms with Crippen LogP contribution in [0.25, 0.3) is 0 Å². The van der Waals surface area contributed by atoms with Crippen LogP contribution in [0, 0.1) is 0 Å².